The van der Waals surface area contributed by atoms with E-state index in [0.29, 0.717) is 0 Å². The van der Waals surface area contributed by atoms with E-state index in [9.17, 15) is 13.6 Å². The predicted octanol–water partition coefficient (Wildman–Crippen LogP) is 4.34. The number of halogens is 2. The SMILES string of the molecule is CSc1ccc(/C=C/C(=O)Nc2cc(F)ccc2F)cc1. The molecule has 0 heterocycles. The third kappa shape index (κ3) is 4.43. The van der Waals surface area contributed by atoms with E-state index in [1.807, 2.05) is 30.5 Å². The van der Waals surface area contributed by atoms with Gasteiger partial charge in [0.1, 0.15) is 11.6 Å². The van der Waals surface area contributed by atoms with Crippen molar-refractivity contribution in [2.75, 3.05) is 11.6 Å². The van der Waals surface area contributed by atoms with E-state index in [0.717, 1.165) is 28.7 Å². The second-order valence-corrected chi connectivity index (χ2v) is 5.10. The van der Waals surface area contributed by atoms with Crippen LogP contribution >= 0.6 is 11.8 Å². The summed E-state index contributed by atoms with van der Waals surface area (Å²) in [6, 6.07) is 10.5. The summed E-state index contributed by atoms with van der Waals surface area (Å²) in [5, 5.41) is 2.30. The van der Waals surface area contributed by atoms with Gasteiger partial charge in [0.15, 0.2) is 0 Å². The van der Waals surface area contributed by atoms with E-state index in [-0.39, 0.29) is 5.69 Å². The van der Waals surface area contributed by atoms with Crippen LogP contribution in [0.1, 0.15) is 5.56 Å². The molecule has 1 N–H and O–H groups in total. The maximum Gasteiger partial charge on any atom is 0.248 e. The molecule has 2 nitrogen and oxygen atoms in total. The molecule has 0 atom stereocenters. The molecular weight excluding hydrogens is 292 g/mol. The zero-order valence-corrected chi connectivity index (χ0v) is 12.1. The summed E-state index contributed by atoms with van der Waals surface area (Å²) in [4.78, 5) is 12.8. The van der Waals surface area contributed by atoms with E-state index in [4.69, 9.17) is 0 Å². The van der Waals surface area contributed by atoms with Crippen LogP contribution in [0.15, 0.2) is 53.4 Å². The van der Waals surface area contributed by atoms with E-state index in [1.165, 1.54) is 6.08 Å². The molecular formula is C16H13F2NOS. The molecule has 0 saturated carbocycles. The monoisotopic (exact) mass is 305 g/mol. The first-order valence-electron chi connectivity index (χ1n) is 6.16. The van der Waals surface area contributed by atoms with Gasteiger partial charge in [-0.1, -0.05) is 12.1 Å². The first-order valence-corrected chi connectivity index (χ1v) is 7.39. The maximum atomic E-state index is 13.4. The van der Waals surface area contributed by atoms with E-state index in [2.05, 4.69) is 5.32 Å². The number of rotatable bonds is 4. The number of amides is 1. The lowest BCUT2D eigenvalue weighted by atomic mass is 10.2. The number of thioether (sulfide) groups is 1. The van der Waals surface area contributed by atoms with Crippen LogP contribution in [0.4, 0.5) is 14.5 Å². The molecule has 0 fully saturated rings. The molecule has 0 spiro atoms. The second-order valence-electron chi connectivity index (χ2n) is 4.22. The van der Waals surface area contributed by atoms with Crippen LogP contribution in [0.25, 0.3) is 6.08 Å². The fraction of sp³-hybridized carbons (Fsp3) is 0.0625. The highest BCUT2D eigenvalue weighted by atomic mass is 32.2. The van der Waals surface area contributed by atoms with Crippen molar-refractivity contribution in [1.29, 1.82) is 0 Å². The van der Waals surface area contributed by atoms with Gasteiger partial charge in [-0.3, -0.25) is 4.79 Å². The minimum absolute atomic E-state index is 0.178. The molecule has 108 valence electrons. The molecule has 0 aromatic heterocycles. The molecule has 1 amide bonds. The lowest BCUT2D eigenvalue weighted by Crippen LogP contribution is -2.09. The molecule has 5 heteroatoms. The van der Waals surface area contributed by atoms with Crippen molar-refractivity contribution in [2.45, 2.75) is 4.90 Å². The zero-order valence-electron chi connectivity index (χ0n) is 11.3. The summed E-state index contributed by atoms with van der Waals surface area (Å²) in [6.07, 6.45) is 4.86. The Morgan fingerprint density at radius 2 is 1.86 bits per heavy atom. The number of anilines is 1. The van der Waals surface area contributed by atoms with Crippen LogP contribution in [-0.4, -0.2) is 12.2 Å². The summed E-state index contributed by atoms with van der Waals surface area (Å²) < 4.78 is 26.4. The van der Waals surface area contributed by atoms with Gasteiger partial charge in [0.25, 0.3) is 0 Å². The summed E-state index contributed by atoms with van der Waals surface area (Å²) >= 11 is 1.63. The normalized spacial score (nSPS) is 10.8. The molecule has 21 heavy (non-hydrogen) atoms. The molecule has 0 aliphatic heterocycles. The number of carbonyl (C=O) groups is 1. The van der Waals surface area contributed by atoms with Gasteiger partial charge in [-0.2, -0.15) is 0 Å². The number of nitrogens with one attached hydrogen (secondary N) is 1. The van der Waals surface area contributed by atoms with Gasteiger partial charge in [-0.15, -0.1) is 11.8 Å². The van der Waals surface area contributed by atoms with Crippen LogP contribution in [0.3, 0.4) is 0 Å². The average Bonchev–Trinajstić information content (AvgIpc) is 2.49. The highest BCUT2D eigenvalue weighted by Gasteiger charge is 2.05. The molecule has 0 bridgehead atoms. The van der Waals surface area contributed by atoms with Crippen LogP contribution in [0.2, 0.25) is 0 Å². The Kier molecular flexibility index (Phi) is 5.11. The number of carbonyl (C=O) groups excluding carboxylic acids is 1. The Morgan fingerprint density at radius 1 is 1.14 bits per heavy atom. The van der Waals surface area contributed by atoms with Crippen molar-refractivity contribution in [3.8, 4) is 0 Å². The van der Waals surface area contributed by atoms with Gasteiger partial charge >= 0.3 is 0 Å². The summed E-state index contributed by atoms with van der Waals surface area (Å²) in [5.41, 5.74) is 0.671. The van der Waals surface area contributed by atoms with Gasteiger partial charge in [0.05, 0.1) is 5.69 Å². The molecule has 0 saturated heterocycles. The van der Waals surface area contributed by atoms with Gasteiger partial charge < -0.3 is 5.32 Å². The third-order valence-electron chi connectivity index (χ3n) is 2.73. The van der Waals surface area contributed by atoms with Gasteiger partial charge in [-0.05, 0) is 42.2 Å². The van der Waals surface area contributed by atoms with Crippen molar-refractivity contribution in [3.63, 3.8) is 0 Å². The Bertz CT molecular complexity index is 668. The smallest absolute Gasteiger partial charge is 0.248 e. The molecule has 0 radical (unpaired) electrons. The fourth-order valence-electron chi connectivity index (χ4n) is 1.65. The van der Waals surface area contributed by atoms with Crippen molar-refractivity contribution < 1.29 is 13.6 Å². The highest BCUT2D eigenvalue weighted by Crippen LogP contribution is 2.17. The van der Waals surface area contributed by atoms with Crippen LogP contribution in [0.5, 0.6) is 0 Å². The molecule has 0 aliphatic rings. The van der Waals surface area contributed by atoms with Crippen molar-refractivity contribution in [2.24, 2.45) is 0 Å². The summed E-state index contributed by atoms with van der Waals surface area (Å²) in [7, 11) is 0. The Balaban J connectivity index is 2.03. The predicted molar refractivity (Wildman–Crippen MR) is 82.2 cm³/mol. The standard InChI is InChI=1S/C16H13F2NOS/c1-21-13-6-2-11(3-7-13)4-9-16(20)19-15-10-12(17)5-8-14(15)18/h2-10H,1H3,(H,19,20)/b9-4+. The fourth-order valence-corrected chi connectivity index (χ4v) is 2.06. The van der Waals surface area contributed by atoms with Gasteiger partial charge in [0, 0.05) is 17.0 Å². The molecule has 2 aromatic rings. The largest absolute Gasteiger partial charge is 0.320 e. The van der Waals surface area contributed by atoms with Gasteiger partial charge in [0.2, 0.25) is 5.91 Å². The molecule has 0 aliphatic carbocycles. The third-order valence-corrected chi connectivity index (χ3v) is 3.47. The lowest BCUT2D eigenvalue weighted by Gasteiger charge is -2.03. The second kappa shape index (κ2) is 7.04. The minimum Gasteiger partial charge on any atom is -0.320 e. The first-order chi connectivity index (χ1) is 10.1. The van der Waals surface area contributed by atoms with Crippen LogP contribution in [-0.2, 0) is 4.79 Å². The minimum atomic E-state index is -0.678. The van der Waals surface area contributed by atoms with Crippen molar-refractivity contribution >= 4 is 29.4 Å². The lowest BCUT2D eigenvalue weighted by molar-refractivity contribution is -0.111. The van der Waals surface area contributed by atoms with Crippen LogP contribution in [0, 0.1) is 11.6 Å². The summed E-state index contributed by atoms with van der Waals surface area (Å²) in [6.45, 7) is 0. The summed E-state index contributed by atoms with van der Waals surface area (Å²) in [5.74, 6) is -1.81. The maximum absolute atomic E-state index is 13.4. The quantitative estimate of drug-likeness (QED) is 0.672. The molecule has 0 unspecified atom stereocenters. The van der Waals surface area contributed by atoms with Crippen LogP contribution < -0.4 is 5.32 Å². The topological polar surface area (TPSA) is 29.1 Å². The zero-order chi connectivity index (χ0) is 15.2. The van der Waals surface area contributed by atoms with Crippen molar-refractivity contribution in [3.05, 3.63) is 65.7 Å². The number of hydrogen-bond acceptors (Lipinski definition) is 2. The Morgan fingerprint density at radius 3 is 2.52 bits per heavy atom. The Labute approximate surface area is 125 Å². The average molecular weight is 305 g/mol. The first kappa shape index (κ1) is 15.3. The van der Waals surface area contributed by atoms with Crippen molar-refractivity contribution in [1.82, 2.24) is 0 Å². The van der Waals surface area contributed by atoms with E-state index >= 15 is 0 Å². The van der Waals surface area contributed by atoms with E-state index < -0.39 is 17.5 Å². The van der Waals surface area contributed by atoms with E-state index in [1.54, 1.807) is 17.8 Å². The Hall–Kier alpha value is -2.14. The highest BCUT2D eigenvalue weighted by molar-refractivity contribution is 7.98. The molecule has 2 rings (SSSR count). The number of benzene rings is 2. The number of hydrogen-bond donors (Lipinski definition) is 1. The van der Waals surface area contributed by atoms with Gasteiger partial charge in [-0.25, -0.2) is 8.78 Å². The molecule has 2 aromatic carbocycles.